The minimum atomic E-state index is -4.63. The molecule has 3 aromatic rings. The largest absolute Gasteiger partial charge is 0.611 e. The molecule has 0 saturated heterocycles. The van der Waals surface area contributed by atoms with E-state index >= 15 is 0 Å². The zero-order chi connectivity index (χ0) is 19.1. The molecule has 0 aliphatic carbocycles. The SMILES string of the molecule is Cc1cc(F)c(-n2cnc3ccccc3c2=O)cc1[S@@+]([O-])CC(F)(F)F. The Hall–Kier alpha value is -2.39. The van der Waals surface area contributed by atoms with Gasteiger partial charge in [-0.1, -0.05) is 12.1 Å². The second kappa shape index (κ2) is 6.73. The number of benzene rings is 2. The van der Waals surface area contributed by atoms with E-state index in [4.69, 9.17) is 0 Å². The lowest BCUT2D eigenvalue weighted by Gasteiger charge is -2.16. The quantitative estimate of drug-likeness (QED) is 0.513. The van der Waals surface area contributed by atoms with Crippen LogP contribution < -0.4 is 5.56 Å². The first-order valence-corrected chi connectivity index (χ1v) is 8.71. The van der Waals surface area contributed by atoms with Crippen LogP contribution in [0.1, 0.15) is 5.56 Å². The molecule has 1 heterocycles. The summed E-state index contributed by atoms with van der Waals surface area (Å²) < 4.78 is 64.9. The van der Waals surface area contributed by atoms with Crippen molar-refractivity contribution < 1.29 is 22.1 Å². The normalized spacial score (nSPS) is 13.2. The number of aromatic nitrogens is 2. The highest BCUT2D eigenvalue weighted by Crippen LogP contribution is 2.27. The van der Waals surface area contributed by atoms with Gasteiger partial charge in [-0.3, -0.25) is 9.36 Å². The van der Waals surface area contributed by atoms with Crippen LogP contribution in [0.25, 0.3) is 16.6 Å². The van der Waals surface area contributed by atoms with E-state index in [2.05, 4.69) is 4.98 Å². The number of aryl methyl sites for hydroxylation is 1. The van der Waals surface area contributed by atoms with Crippen LogP contribution >= 0.6 is 0 Å². The van der Waals surface area contributed by atoms with Crippen molar-refractivity contribution in [1.82, 2.24) is 9.55 Å². The summed E-state index contributed by atoms with van der Waals surface area (Å²) in [6, 6.07) is 8.38. The minimum Gasteiger partial charge on any atom is -0.611 e. The maximum atomic E-state index is 14.4. The van der Waals surface area contributed by atoms with Crippen LogP contribution in [-0.4, -0.2) is 26.0 Å². The average molecular weight is 384 g/mol. The zero-order valence-electron chi connectivity index (χ0n) is 13.4. The van der Waals surface area contributed by atoms with E-state index in [-0.39, 0.29) is 21.5 Å². The average Bonchev–Trinajstić information content (AvgIpc) is 2.54. The minimum absolute atomic E-state index is 0.107. The predicted octanol–water partition coefficient (Wildman–Crippen LogP) is 3.50. The maximum Gasteiger partial charge on any atom is 0.433 e. The molecule has 26 heavy (non-hydrogen) atoms. The molecule has 1 atom stereocenters. The van der Waals surface area contributed by atoms with Crippen molar-refractivity contribution >= 4 is 22.1 Å². The molecule has 0 unspecified atom stereocenters. The van der Waals surface area contributed by atoms with Gasteiger partial charge in [0, 0.05) is 11.6 Å². The van der Waals surface area contributed by atoms with Crippen LogP contribution in [0.15, 0.2) is 52.4 Å². The van der Waals surface area contributed by atoms with Gasteiger partial charge in [0.15, 0.2) is 4.90 Å². The Balaban J connectivity index is 2.16. The third-order valence-electron chi connectivity index (χ3n) is 3.71. The molecule has 2 aromatic carbocycles. The first kappa shape index (κ1) is 18.4. The third-order valence-corrected chi connectivity index (χ3v) is 5.23. The molecule has 0 fully saturated rings. The molecule has 0 bridgehead atoms. The van der Waals surface area contributed by atoms with Crippen LogP contribution in [0.2, 0.25) is 0 Å². The fourth-order valence-electron chi connectivity index (χ4n) is 2.54. The van der Waals surface area contributed by atoms with Gasteiger partial charge in [0.1, 0.15) is 12.1 Å². The summed E-state index contributed by atoms with van der Waals surface area (Å²) in [5.74, 6) is -2.38. The van der Waals surface area contributed by atoms with Gasteiger partial charge in [-0.25, -0.2) is 9.37 Å². The highest BCUT2D eigenvalue weighted by molar-refractivity contribution is 7.91. The summed E-state index contributed by atoms with van der Waals surface area (Å²) in [5, 5.41) is 0.230. The van der Waals surface area contributed by atoms with Gasteiger partial charge in [0.05, 0.1) is 16.6 Å². The number of rotatable bonds is 3. The fourth-order valence-corrected chi connectivity index (χ4v) is 3.65. The Morgan fingerprint density at radius 2 is 1.92 bits per heavy atom. The smallest absolute Gasteiger partial charge is 0.433 e. The van der Waals surface area contributed by atoms with Crippen LogP contribution in [0.4, 0.5) is 17.6 Å². The lowest BCUT2D eigenvalue weighted by molar-refractivity contribution is -0.106. The van der Waals surface area contributed by atoms with E-state index in [9.17, 15) is 26.9 Å². The summed E-state index contributed by atoms with van der Waals surface area (Å²) in [6.45, 7) is 1.36. The van der Waals surface area contributed by atoms with Crippen molar-refractivity contribution in [2.24, 2.45) is 0 Å². The van der Waals surface area contributed by atoms with E-state index in [0.29, 0.717) is 5.52 Å². The summed E-state index contributed by atoms with van der Waals surface area (Å²) in [6.07, 6.45) is -3.54. The van der Waals surface area contributed by atoms with Crippen molar-refractivity contribution in [3.05, 3.63) is 64.5 Å². The van der Waals surface area contributed by atoms with Crippen molar-refractivity contribution in [3.63, 3.8) is 0 Å². The Labute approximate surface area is 148 Å². The van der Waals surface area contributed by atoms with Gasteiger partial charge < -0.3 is 4.55 Å². The molecule has 0 amide bonds. The number of hydrogen-bond donors (Lipinski definition) is 0. The number of para-hydroxylation sites is 1. The van der Waals surface area contributed by atoms with Gasteiger partial charge in [0.2, 0.25) is 5.75 Å². The molecule has 0 N–H and O–H groups in total. The first-order chi connectivity index (χ1) is 12.2. The molecule has 4 nitrogen and oxygen atoms in total. The third kappa shape index (κ3) is 3.58. The van der Waals surface area contributed by atoms with Crippen LogP contribution in [-0.2, 0) is 11.2 Å². The lowest BCUT2D eigenvalue weighted by Crippen LogP contribution is -2.24. The second-order valence-electron chi connectivity index (χ2n) is 5.61. The molecule has 136 valence electrons. The van der Waals surface area contributed by atoms with E-state index in [0.717, 1.165) is 23.0 Å². The van der Waals surface area contributed by atoms with E-state index in [1.54, 1.807) is 18.2 Å². The highest BCUT2D eigenvalue weighted by atomic mass is 32.2. The first-order valence-electron chi connectivity index (χ1n) is 7.39. The van der Waals surface area contributed by atoms with E-state index in [1.165, 1.54) is 13.0 Å². The van der Waals surface area contributed by atoms with Gasteiger partial charge in [-0.05, 0) is 36.3 Å². The van der Waals surface area contributed by atoms with Crippen molar-refractivity contribution in [2.75, 3.05) is 5.75 Å². The second-order valence-corrected chi connectivity index (χ2v) is 7.03. The molecule has 0 spiro atoms. The Bertz CT molecular complexity index is 1030. The van der Waals surface area contributed by atoms with Crippen molar-refractivity contribution in [3.8, 4) is 5.69 Å². The highest BCUT2D eigenvalue weighted by Gasteiger charge is 2.36. The van der Waals surface area contributed by atoms with Crippen LogP contribution in [0.3, 0.4) is 0 Å². The standard InChI is InChI=1S/C17H12F4N2O2S/c1-10-6-12(18)14(7-15(10)26(25)8-17(19,20)21)23-9-22-13-5-3-2-4-11(13)16(23)24/h2-7,9H,8H2,1H3/t26-/m0/s1. The number of hydrogen-bond acceptors (Lipinski definition) is 3. The molecule has 0 aliphatic heterocycles. The Kier molecular flexibility index (Phi) is 4.76. The zero-order valence-corrected chi connectivity index (χ0v) is 14.2. The van der Waals surface area contributed by atoms with Crippen molar-refractivity contribution in [2.45, 2.75) is 18.0 Å². The lowest BCUT2D eigenvalue weighted by atomic mass is 10.2. The number of fused-ring (bicyclic) bond motifs is 1. The molecule has 0 aliphatic rings. The van der Waals surface area contributed by atoms with Gasteiger partial charge in [0.25, 0.3) is 5.56 Å². The van der Waals surface area contributed by atoms with Gasteiger partial charge >= 0.3 is 6.18 Å². The number of nitrogens with zero attached hydrogens (tertiary/aromatic N) is 2. The summed E-state index contributed by atoms with van der Waals surface area (Å²) in [4.78, 5) is 16.5. The topological polar surface area (TPSA) is 58.0 Å². The summed E-state index contributed by atoms with van der Waals surface area (Å²) >= 11 is -2.42. The molecule has 0 saturated carbocycles. The number of halogens is 4. The van der Waals surface area contributed by atoms with Crippen LogP contribution in [0, 0.1) is 12.7 Å². The molecule has 0 radical (unpaired) electrons. The van der Waals surface area contributed by atoms with Crippen LogP contribution in [0.5, 0.6) is 0 Å². The molecular formula is C17H12F4N2O2S. The molecule has 9 heteroatoms. The van der Waals surface area contributed by atoms with E-state index < -0.39 is 34.5 Å². The summed E-state index contributed by atoms with van der Waals surface area (Å²) in [5.41, 5.74) is -0.368. The molecule has 1 aromatic heterocycles. The fraction of sp³-hybridized carbons (Fsp3) is 0.176. The Morgan fingerprint density at radius 1 is 1.23 bits per heavy atom. The predicted molar refractivity (Wildman–Crippen MR) is 89.4 cm³/mol. The van der Waals surface area contributed by atoms with Gasteiger partial charge in [-0.15, -0.1) is 0 Å². The summed E-state index contributed by atoms with van der Waals surface area (Å²) in [7, 11) is 0. The maximum absolute atomic E-state index is 14.4. The van der Waals surface area contributed by atoms with Gasteiger partial charge in [-0.2, -0.15) is 13.2 Å². The number of alkyl halides is 3. The van der Waals surface area contributed by atoms with E-state index in [1.807, 2.05) is 0 Å². The monoisotopic (exact) mass is 384 g/mol. The molecule has 3 rings (SSSR count). The Morgan fingerprint density at radius 3 is 2.62 bits per heavy atom. The van der Waals surface area contributed by atoms with Crippen molar-refractivity contribution in [1.29, 1.82) is 0 Å². The molecular weight excluding hydrogens is 372 g/mol.